The number of furan rings is 1. The van der Waals surface area contributed by atoms with Crippen molar-refractivity contribution >= 4 is 53.6 Å². The van der Waals surface area contributed by atoms with Crippen LogP contribution in [0.4, 0.5) is 0 Å². The normalized spacial score (nSPS) is 15.2. The second kappa shape index (κ2) is 8.91. The number of para-hydroxylation sites is 3. The van der Waals surface area contributed by atoms with Crippen molar-refractivity contribution in [1.29, 1.82) is 0 Å². The lowest BCUT2D eigenvalue weighted by Crippen LogP contribution is -2.36. The van der Waals surface area contributed by atoms with E-state index in [1.54, 1.807) is 6.07 Å². The van der Waals surface area contributed by atoms with E-state index in [0.29, 0.717) is 9.79 Å². The highest BCUT2D eigenvalue weighted by Crippen LogP contribution is 2.62. The fourth-order valence-electron chi connectivity index (χ4n) is 8.86. The van der Waals surface area contributed by atoms with Crippen LogP contribution in [0.5, 0.6) is 0 Å². The predicted molar refractivity (Wildman–Crippen MR) is 191 cm³/mol. The summed E-state index contributed by atoms with van der Waals surface area (Å²) in [5.74, 6) is 0. The van der Waals surface area contributed by atoms with E-state index in [2.05, 4.69) is 89.5 Å². The van der Waals surface area contributed by atoms with E-state index in [1.807, 2.05) is 60.7 Å². The summed E-state index contributed by atoms with van der Waals surface area (Å²) >= 11 is 0. The molecule has 2 aliphatic rings. The van der Waals surface area contributed by atoms with E-state index < -0.39 is 15.3 Å². The molecule has 0 unspecified atom stereocenters. The van der Waals surface area contributed by atoms with Crippen molar-refractivity contribution in [2.75, 3.05) is 0 Å². The first-order valence-corrected chi connectivity index (χ1v) is 17.6. The van der Waals surface area contributed by atoms with Crippen molar-refractivity contribution in [3.05, 3.63) is 174 Å². The minimum Gasteiger partial charge on any atom is -0.454 e. The molecule has 5 heteroatoms. The van der Waals surface area contributed by atoms with Gasteiger partial charge in [0.05, 0.1) is 31.9 Å². The lowest BCUT2D eigenvalue weighted by molar-refractivity contribution is 0.581. The Morgan fingerprint density at radius 1 is 0.500 bits per heavy atom. The third kappa shape index (κ3) is 2.95. The summed E-state index contributed by atoms with van der Waals surface area (Å²) in [5, 5.41) is 4.03. The Balaban J connectivity index is 1.39. The Bertz CT molecular complexity index is 2940. The van der Waals surface area contributed by atoms with Crippen molar-refractivity contribution in [3.63, 3.8) is 0 Å². The van der Waals surface area contributed by atoms with E-state index in [9.17, 15) is 8.42 Å². The minimum atomic E-state index is -3.87. The molecule has 11 rings (SSSR count). The molecule has 0 atom stereocenters. The van der Waals surface area contributed by atoms with Gasteiger partial charge in [-0.1, -0.05) is 115 Å². The van der Waals surface area contributed by atoms with Crippen molar-refractivity contribution in [3.8, 4) is 16.8 Å². The van der Waals surface area contributed by atoms with Crippen LogP contribution in [0.15, 0.2) is 166 Å². The molecule has 4 nitrogen and oxygen atoms in total. The quantitative estimate of drug-likeness (QED) is 0.180. The van der Waals surface area contributed by atoms with Gasteiger partial charge in [-0.3, -0.25) is 0 Å². The van der Waals surface area contributed by atoms with E-state index >= 15 is 0 Å². The molecule has 0 amide bonds. The summed E-state index contributed by atoms with van der Waals surface area (Å²) in [4.78, 5) is 0.712. The van der Waals surface area contributed by atoms with Crippen molar-refractivity contribution < 1.29 is 12.8 Å². The van der Waals surface area contributed by atoms with Gasteiger partial charge in [0.15, 0.2) is 5.58 Å². The van der Waals surface area contributed by atoms with Crippen molar-refractivity contribution in [2.45, 2.75) is 15.2 Å². The van der Waals surface area contributed by atoms with Gasteiger partial charge in [0, 0.05) is 27.1 Å². The van der Waals surface area contributed by atoms with Crippen LogP contribution in [-0.2, 0) is 15.3 Å². The maximum absolute atomic E-state index is 14.8. The topological polar surface area (TPSA) is 52.2 Å². The van der Waals surface area contributed by atoms with Gasteiger partial charge < -0.3 is 8.98 Å². The molecule has 1 aliphatic carbocycles. The third-order valence-corrected chi connectivity index (χ3v) is 12.5. The Morgan fingerprint density at radius 2 is 1.12 bits per heavy atom. The number of aromatic nitrogens is 1. The Labute approximate surface area is 276 Å². The van der Waals surface area contributed by atoms with Crippen LogP contribution in [-0.4, -0.2) is 13.0 Å². The summed E-state index contributed by atoms with van der Waals surface area (Å²) in [6.45, 7) is 0. The minimum absolute atomic E-state index is 0.352. The molecular weight excluding hydrogens is 611 g/mol. The first-order valence-electron chi connectivity index (χ1n) is 16.1. The predicted octanol–water partition coefficient (Wildman–Crippen LogP) is 10.2. The van der Waals surface area contributed by atoms with Gasteiger partial charge >= 0.3 is 0 Å². The van der Waals surface area contributed by atoms with Crippen LogP contribution < -0.4 is 0 Å². The monoisotopic (exact) mass is 635 g/mol. The maximum atomic E-state index is 14.8. The molecule has 0 N–H and O–H groups in total. The first-order chi connectivity index (χ1) is 23.6. The fraction of sp³-hybridized carbons (Fsp3) is 0.0233. The second-order valence-corrected chi connectivity index (χ2v) is 14.7. The molecule has 226 valence electrons. The molecule has 0 saturated heterocycles. The third-order valence-electron chi connectivity index (χ3n) is 10.6. The maximum Gasteiger partial charge on any atom is 0.207 e. The Hall–Kier alpha value is -5.91. The molecule has 0 bridgehead atoms. The lowest BCUT2D eigenvalue weighted by Gasteiger charge is -2.40. The summed E-state index contributed by atoms with van der Waals surface area (Å²) in [6, 6.07) is 51.1. The zero-order valence-electron chi connectivity index (χ0n) is 25.5. The summed E-state index contributed by atoms with van der Waals surface area (Å²) in [7, 11) is -3.87. The molecule has 1 spiro atoms. The molecule has 9 aromatic rings. The van der Waals surface area contributed by atoms with Crippen LogP contribution in [0.25, 0.3) is 60.6 Å². The summed E-state index contributed by atoms with van der Waals surface area (Å²) in [6.07, 6.45) is 0. The van der Waals surface area contributed by atoms with Gasteiger partial charge in [0.1, 0.15) is 5.58 Å². The average molecular weight is 636 g/mol. The standard InChI is InChI=1S/C43H25NO3S/c45-48(46)38-23-10-7-19-33(38)43(31-17-5-1-12-26(31)27-13-2-6-18-32(27)43)41-39(48)25-24-35-40(41)30-15-3-8-20-34(30)44(35)36-21-11-16-29-28-14-4-9-22-37(28)47-42(29)36/h1-25H. The lowest BCUT2D eigenvalue weighted by atomic mass is 9.66. The number of hydrogen-bond donors (Lipinski definition) is 0. The number of sulfone groups is 1. The van der Waals surface area contributed by atoms with Crippen molar-refractivity contribution in [1.82, 2.24) is 4.57 Å². The van der Waals surface area contributed by atoms with Gasteiger partial charge in [0.2, 0.25) is 9.84 Å². The van der Waals surface area contributed by atoms with Crippen LogP contribution >= 0.6 is 0 Å². The largest absolute Gasteiger partial charge is 0.454 e. The smallest absolute Gasteiger partial charge is 0.207 e. The van der Waals surface area contributed by atoms with E-state index in [0.717, 1.165) is 82.8 Å². The molecule has 48 heavy (non-hydrogen) atoms. The number of benzene rings is 7. The number of rotatable bonds is 1. The Kier molecular flexibility index (Phi) is 4.86. The SMILES string of the molecule is O=S1(=O)c2ccccc2C2(c3ccccc3-c3ccccc32)c2c1ccc1c2c2ccccc2n1-c1cccc2c1oc1ccccc12. The van der Waals surface area contributed by atoms with E-state index in [4.69, 9.17) is 4.42 Å². The summed E-state index contributed by atoms with van der Waals surface area (Å²) < 4.78 is 38.4. The van der Waals surface area contributed by atoms with Gasteiger partial charge in [-0.15, -0.1) is 0 Å². The Morgan fingerprint density at radius 3 is 1.92 bits per heavy atom. The van der Waals surface area contributed by atoms with Crippen LogP contribution in [0, 0.1) is 0 Å². The van der Waals surface area contributed by atoms with Gasteiger partial charge in [0.25, 0.3) is 0 Å². The molecule has 1 aliphatic heterocycles. The number of nitrogens with zero attached hydrogens (tertiary/aromatic N) is 1. The van der Waals surface area contributed by atoms with Crippen LogP contribution in [0.2, 0.25) is 0 Å². The highest BCUT2D eigenvalue weighted by atomic mass is 32.2. The van der Waals surface area contributed by atoms with Crippen LogP contribution in [0.3, 0.4) is 0 Å². The van der Waals surface area contributed by atoms with E-state index in [1.165, 1.54) is 0 Å². The van der Waals surface area contributed by atoms with Crippen molar-refractivity contribution in [2.24, 2.45) is 0 Å². The zero-order valence-corrected chi connectivity index (χ0v) is 26.3. The first kappa shape index (κ1) is 26.2. The molecule has 0 radical (unpaired) electrons. The number of fused-ring (bicyclic) bond motifs is 16. The van der Waals surface area contributed by atoms with Gasteiger partial charge in [-0.2, -0.15) is 0 Å². The molecule has 7 aromatic carbocycles. The van der Waals surface area contributed by atoms with E-state index in [-0.39, 0.29) is 0 Å². The average Bonchev–Trinajstić information content (AvgIpc) is 3.78. The summed E-state index contributed by atoms with van der Waals surface area (Å²) in [5.41, 5.74) is 9.64. The highest BCUT2D eigenvalue weighted by Gasteiger charge is 2.54. The molecule has 0 saturated carbocycles. The molecule has 3 heterocycles. The highest BCUT2D eigenvalue weighted by molar-refractivity contribution is 7.91. The number of hydrogen-bond acceptors (Lipinski definition) is 3. The molecule has 2 aromatic heterocycles. The molecular formula is C43H25NO3S. The fourth-order valence-corrected chi connectivity index (χ4v) is 10.6. The van der Waals surface area contributed by atoms with Gasteiger partial charge in [-0.05, 0) is 64.2 Å². The zero-order chi connectivity index (χ0) is 31.8. The molecule has 0 fully saturated rings. The van der Waals surface area contributed by atoms with Gasteiger partial charge in [-0.25, -0.2) is 8.42 Å². The second-order valence-electron chi connectivity index (χ2n) is 12.8. The van der Waals surface area contributed by atoms with Crippen LogP contribution in [0.1, 0.15) is 22.3 Å².